The molecule has 2 rings (SSSR count). The Bertz CT molecular complexity index is 521. The molecule has 4 nitrogen and oxygen atoms in total. The van der Waals surface area contributed by atoms with E-state index in [9.17, 15) is 18.8 Å². The fraction of sp³-hybridized carbons (Fsp3) is 0.357. The summed E-state index contributed by atoms with van der Waals surface area (Å²) in [6.45, 7) is 1.25. The van der Waals surface area contributed by atoms with Crippen LogP contribution < -0.4 is 0 Å². The van der Waals surface area contributed by atoms with Crippen LogP contribution in [-0.4, -0.2) is 17.7 Å². The number of hydrogen-bond donors (Lipinski definition) is 0. The van der Waals surface area contributed by atoms with E-state index in [-0.39, 0.29) is 29.9 Å². The van der Waals surface area contributed by atoms with Gasteiger partial charge in [-0.15, -0.1) is 0 Å². The zero-order valence-corrected chi connectivity index (χ0v) is 10.4. The molecule has 2 unspecified atom stereocenters. The Labute approximate surface area is 109 Å². The van der Waals surface area contributed by atoms with Gasteiger partial charge in [-0.2, -0.15) is 0 Å². The van der Waals surface area contributed by atoms with Crippen molar-refractivity contribution in [1.82, 2.24) is 0 Å². The summed E-state index contributed by atoms with van der Waals surface area (Å²) in [7, 11) is 0. The minimum Gasteiger partial charge on any atom is -0.393 e. The molecule has 1 fully saturated rings. The fourth-order valence-electron chi connectivity index (χ4n) is 1.96. The first-order chi connectivity index (χ1) is 8.97. The van der Waals surface area contributed by atoms with Crippen LogP contribution in [0.2, 0.25) is 0 Å². The molecule has 1 saturated carbocycles. The van der Waals surface area contributed by atoms with Gasteiger partial charge in [-0.1, -0.05) is 12.1 Å². The number of ketones is 1. The molecule has 0 amide bonds. The van der Waals surface area contributed by atoms with Crippen molar-refractivity contribution in [1.29, 1.82) is 0 Å². The molecule has 0 aliphatic heterocycles. The summed E-state index contributed by atoms with van der Waals surface area (Å²) in [5.41, 5.74) is 0.849. The van der Waals surface area contributed by atoms with Gasteiger partial charge in [0.1, 0.15) is 18.0 Å². The maximum absolute atomic E-state index is 12.8. The van der Waals surface area contributed by atoms with E-state index in [1.807, 2.05) is 0 Å². The Morgan fingerprint density at radius 2 is 1.89 bits per heavy atom. The summed E-state index contributed by atoms with van der Waals surface area (Å²) in [4.78, 5) is 33.5. The Hall–Kier alpha value is -2.04. The quantitative estimate of drug-likeness (QED) is 0.616. The average molecular weight is 264 g/mol. The molecular formula is C14H13FO4. The topological polar surface area (TPSA) is 60.4 Å². The highest BCUT2D eigenvalue weighted by Gasteiger charge is 2.45. The van der Waals surface area contributed by atoms with Crippen LogP contribution in [0.3, 0.4) is 0 Å². The van der Waals surface area contributed by atoms with E-state index in [0.717, 1.165) is 5.56 Å². The fourth-order valence-corrected chi connectivity index (χ4v) is 1.96. The van der Waals surface area contributed by atoms with E-state index in [1.165, 1.54) is 19.1 Å². The third-order valence-electron chi connectivity index (χ3n) is 3.00. The molecule has 5 heteroatoms. The van der Waals surface area contributed by atoms with Gasteiger partial charge in [0.2, 0.25) is 0 Å². The standard InChI is InChI=1S/C14H13FO4/c1-8(16)6-13(17)19-14(18)12-7-11(12)9-2-4-10(15)5-3-9/h2-5,11-12H,6-7H2,1H3. The second-order valence-electron chi connectivity index (χ2n) is 4.67. The lowest BCUT2D eigenvalue weighted by Gasteiger charge is -2.02. The van der Waals surface area contributed by atoms with Crippen LogP contribution in [0, 0.1) is 11.7 Å². The molecule has 0 saturated heterocycles. The summed E-state index contributed by atoms with van der Waals surface area (Å²) < 4.78 is 17.3. The average Bonchev–Trinajstić information content (AvgIpc) is 3.08. The first-order valence-electron chi connectivity index (χ1n) is 5.97. The number of ether oxygens (including phenoxy) is 1. The van der Waals surface area contributed by atoms with Gasteiger partial charge >= 0.3 is 11.9 Å². The Morgan fingerprint density at radius 1 is 1.26 bits per heavy atom. The molecule has 0 aromatic heterocycles. The zero-order valence-electron chi connectivity index (χ0n) is 10.4. The normalized spacial score (nSPS) is 20.7. The van der Waals surface area contributed by atoms with Gasteiger partial charge in [-0.25, -0.2) is 4.39 Å². The summed E-state index contributed by atoms with van der Waals surface area (Å²) in [5.74, 6) is -2.51. The molecule has 0 bridgehead atoms. The molecule has 1 aromatic rings. The summed E-state index contributed by atoms with van der Waals surface area (Å²) in [5, 5.41) is 0. The predicted octanol–water partition coefficient (Wildman–Crippen LogP) is 1.98. The first-order valence-corrected chi connectivity index (χ1v) is 5.97. The van der Waals surface area contributed by atoms with Crippen LogP contribution in [0.1, 0.15) is 31.2 Å². The molecule has 0 spiro atoms. The lowest BCUT2D eigenvalue weighted by molar-refractivity contribution is -0.161. The number of rotatable bonds is 4. The minimum atomic E-state index is -0.817. The van der Waals surface area contributed by atoms with Crippen molar-refractivity contribution in [2.45, 2.75) is 25.7 Å². The van der Waals surface area contributed by atoms with Crippen molar-refractivity contribution < 1.29 is 23.5 Å². The predicted molar refractivity (Wildman–Crippen MR) is 63.6 cm³/mol. The van der Waals surface area contributed by atoms with Gasteiger partial charge in [0, 0.05) is 0 Å². The van der Waals surface area contributed by atoms with Gasteiger partial charge < -0.3 is 4.74 Å². The molecule has 19 heavy (non-hydrogen) atoms. The van der Waals surface area contributed by atoms with E-state index in [4.69, 9.17) is 0 Å². The molecule has 100 valence electrons. The summed E-state index contributed by atoms with van der Waals surface area (Å²) in [6, 6.07) is 5.89. The lowest BCUT2D eigenvalue weighted by Crippen LogP contribution is -2.16. The van der Waals surface area contributed by atoms with E-state index < -0.39 is 11.9 Å². The van der Waals surface area contributed by atoms with Crippen molar-refractivity contribution in [3.63, 3.8) is 0 Å². The maximum Gasteiger partial charge on any atom is 0.320 e. The molecule has 1 aliphatic carbocycles. The molecular weight excluding hydrogens is 251 g/mol. The summed E-state index contributed by atoms with van der Waals surface area (Å²) in [6.07, 6.45) is 0.192. The number of hydrogen-bond acceptors (Lipinski definition) is 4. The Kier molecular flexibility index (Phi) is 3.74. The third-order valence-corrected chi connectivity index (χ3v) is 3.00. The van der Waals surface area contributed by atoms with Crippen LogP contribution in [0.25, 0.3) is 0 Å². The largest absolute Gasteiger partial charge is 0.393 e. The van der Waals surface area contributed by atoms with Crippen molar-refractivity contribution in [2.24, 2.45) is 5.92 Å². The van der Waals surface area contributed by atoms with Crippen molar-refractivity contribution in [3.05, 3.63) is 35.6 Å². The van der Waals surface area contributed by atoms with Crippen LogP contribution >= 0.6 is 0 Å². The molecule has 2 atom stereocenters. The highest BCUT2D eigenvalue weighted by molar-refractivity contribution is 5.99. The molecule has 0 N–H and O–H groups in total. The van der Waals surface area contributed by atoms with Crippen LogP contribution in [0.5, 0.6) is 0 Å². The number of benzene rings is 1. The van der Waals surface area contributed by atoms with Crippen molar-refractivity contribution in [2.75, 3.05) is 0 Å². The van der Waals surface area contributed by atoms with Crippen LogP contribution in [0.4, 0.5) is 4.39 Å². The van der Waals surface area contributed by atoms with E-state index in [0.29, 0.717) is 6.42 Å². The van der Waals surface area contributed by atoms with E-state index in [1.54, 1.807) is 12.1 Å². The molecule has 1 aliphatic rings. The van der Waals surface area contributed by atoms with Gasteiger partial charge in [0.25, 0.3) is 0 Å². The molecule has 0 radical (unpaired) electrons. The smallest absolute Gasteiger partial charge is 0.320 e. The third kappa shape index (κ3) is 3.47. The van der Waals surface area contributed by atoms with Gasteiger partial charge in [0.15, 0.2) is 0 Å². The number of esters is 2. The summed E-state index contributed by atoms with van der Waals surface area (Å²) >= 11 is 0. The Morgan fingerprint density at radius 3 is 2.47 bits per heavy atom. The second kappa shape index (κ2) is 5.30. The number of halogens is 1. The number of carbonyl (C=O) groups excluding carboxylic acids is 3. The van der Waals surface area contributed by atoms with Gasteiger partial charge in [0.05, 0.1) is 5.92 Å². The van der Waals surface area contributed by atoms with Crippen LogP contribution in [-0.2, 0) is 19.1 Å². The van der Waals surface area contributed by atoms with E-state index in [2.05, 4.69) is 4.74 Å². The number of Topliss-reactive ketones (excluding diaryl/α,β-unsaturated/α-hetero) is 1. The van der Waals surface area contributed by atoms with Gasteiger partial charge in [-0.05, 0) is 37.0 Å². The molecule has 0 heterocycles. The van der Waals surface area contributed by atoms with Gasteiger partial charge in [-0.3, -0.25) is 14.4 Å². The number of carbonyl (C=O) groups is 3. The maximum atomic E-state index is 12.8. The Balaban J connectivity index is 1.88. The van der Waals surface area contributed by atoms with Crippen molar-refractivity contribution in [3.8, 4) is 0 Å². The SMILES string of the molecule is CC(=O)CC(=O)OC(=O)C1CC1c1ccc(F)cc1. The zero-order chi connectivity index (χ0) is 14.0. The highest BCUT2D eigenvalue weighted by Crippen LogP contribution is 2.48. The monoisotopic (exact) mass is 264 g/mol. The van der Waals surface area contributed by atoms with E-state index >= 15 is 0 Å². The van der Waals surface area contributed by atoms with Crippen molar-refractivity contribution >= 4 is 17.7 Å². The molecule has 1 aromatic carbocycles. The first kappa shape index (κ1) is 13.4. The van der Waals surface area contributed by atoms with Crippen LogP contribution in [0.15, 0.2) is 24.3 Å². The highest BCUT2D eigenvalue weighted by atomic mass is 19.1. The lowest BCUT2D eigenvalue weighted by atomic mass is 10.1. The second-order valence-corrected chi connectivity index (χ2v) is 4.67. The minimum absolute atomic E-state index is 0.0294.